The van der Waals surface area contributed by atoms with Crippen molar-refractivity contribution < 1.29 is 4.74 Å². The smallest absolute Gasteiger partial charge is 0.0897 e. The molecule has 0 amide bonds. The first-order valence-electron chi connectivity index (χ1n) is 5.45. The number of thiazole rings is 1. The predicted octanol–water partition coefficient (Wildman–Crippen LogP) is 1.62. The van der Waals surface area contributed by atoms with Gasteiger partial charge in [0, 0.05) is 23.9 Å². The van der Waals surface area contributed by atoms with Crippen LogP contribution in [0.25, 0.3) is 0 Å². The molecule has 3 nitrogen and oxygen atoms in total. The van der Waals surface area contributed by atoms with Gasteiger partial charge in [-0.05, 0) is 26.8 Å². The average molecular weight is 226 g/mol. The highest BCUT2D eigenvalue weighted by Crippen LogP contribution is 2.20. The Morgan fingerprint density at radius 3 is 3.20 bits per heavy atom. The molecule has 0 saturated carbocycles. The van der Waals surface area contributed by atoms with Crippen LogP contribution >= 0.6 is 11.3 Å². The molecule has 4 heteroatoms. The van der Waals surface area contributed by atoms with Crippen molar-refractivity contribution in [1.82, 2.24) is 10.3 Å². The molecule has 0 aliphatic carbocycles. The maximum Gasteiger partial charge on any atom is 0.0897 e. The third-order valence-corrected chi connectivity index (χ3v) is 3.81. The van der Waals surface area contributed by atoms with Gasteiger partial charge in [0.15, 0.2) is 0 Å². The second-order valence-electron chi connectivity index (χ2n) is 4.08. The summed E-state index contributed by atoms with van der Waals surface area (Å²) in [6.45, 7) is 3.81. The van der Waals surface area contributed by atoms with Crippen molar-refractivity contribution in [1.29, 1.82) is 0 Å². The molecule has 1 aliphatic heterocycles. The third kappa shape index (κ3) is 2.77. The molecular weight excluding hydrogens is 208 g/mol. The predicted molar refractivity (Wildman–Crippen MR) is 62.3 cm³/mol. The summed E-state index contributed by atoms with van der Waals surface area (Å²) >= 11 is 1.73. The molecule has 1 fully saturated rings. The Morgan fingerprint density at radius 2 is 2.53 bits per heavy atom. The lowest BCUT2D eigenvalue weighted by Gasteiger charge is -2.30. The molecule has 2 atom stereocenters. The van der Waals surface area contributed by atoms with Crippen LogP contribution in [0, 0.1) is 12.8 Å². The zero-order chi connectivity index (χ0) is 10.7. The van der Waals surface area contributed by atoms with Crippen LogP contribution < -0.4 is 5.32 Å². The zero-order valence-electron chi connectivity index (χ0n) is 9.32. The molecule has 0 bridgehead atoms. The average Bonchev–Trinajstić information content (AvgIpc) is 2.65. The van der Waals surface area contributed by atoms with Crippen LogP contribution in [0.15, 0.2) is 5.38 Å². The minimum absolute atomic E-state index is 0.574. The van der Waals surface area contributed by atoms with Crippen LogP contribution in [0.3, 0.4) is 0 Å². The molecule has 1 N–H and O–H groups in total. The number of nitrogens with zero attached hydrogens (tertiary/aromatic N) is 1. The Bertz CT molecular complexity index is 313. The van der Waals surface area contributed by atoms with Gasteiger partial charge in [0.25, 0.3) is 0 Å². The van der Waals surface area contributed by atoms with Gasteiger partial charge in [-0.15, -0.1) is 11.3 Å². The van der Waals surface area contributed by atoms with Crippen molar-refractivity contribution in [3.8, 4) is 0 Å². The van der Waals surface area contributed by atoms with E-state index in [1.54, 1.807) is 11.3 Å². The summed E-state index contributed by atoms with van der Waals surface area (Å²) in [6.07, 6.45) is 2.15. The Kier molecular flexibility index (Phi) is 3.72. The van der Waals surface area contributed by atoms with Gasteiger partial charge >= 0.3 is 0 Å². The highest BCUT2D eigenvalue weighted by atomic mass is 32.1. The first-order chi connectivity index (χ1) is 7.29. The van der Waals surface area contributed by atoms with Crippen molar-refractivity contribution in [2.24, 2.45) is 5.92 Å². The lowest BCUT2D eigenvalue weighted by Crippen LogP contribution is -2.41. The second kappa shape index (κ2) is 5.05. The van der Waals surface area contributed by atoms with Gasteiger partial charge in [0.1, 0.15) is 0 Å². The lowest BCUT2D eigenvalue weighted by atomic mass is 9.92. The van der Waals surface area contributed by atoms with E-state index in [0.29, 0.717) is 12.0 Å². The van der Waals surface area contributed by atoms with Crippen LogP contribution in [0.5, 0.6) is 0 Å². The molecule has 0 spiro atoms. The fraction of sp³-hybridized carbons (Fsp3) is 0.727. The van der Waals surface area contributed by atoms with Crippen LogP contribution in [0.4, 0.5) is 0 Å². The zero-order valence-corrected chi connectivity index (χ0v) is 10.1. The minimum atomic E-state index is 0.574. The van der Waals surface area contributed by atoms with E-state index in [4.69, 9.17) is 4.74 Å². The number of nitrogens with one attached hydrogen (secondary N) is 1. The summed E-state index contributed by atoms with van der Waals surface area (Å²) in [4.78, 5) is 4.51. The molecule has 1 aromatic rings. The van der Waals surface area contributed by atoms with E-state index in [1.807, 2.05) is 7.05 Å². The largest absolute Gasteiger partial charge is 0.381 e. The molecular formula is C11H18N2OS. The fourth-order valence-electron chi connectivity index (χ4n) is 2.15. The van der Waals surface area contributed by atoms with Gasteiger partial charge < -0.3 is 10.1 Å². The number of aromatic nitrogens is 1. The highest BCUT2D eigenvalue weighted by Gasteiger charge is 2.25. The number of rotatable bonds is 3. The van der Waals surface area contributed by atoms with Crippen LogP contribution in [0.1, 0.15) is 17.1 Å². The van der Waals surface area contributed by atoms with Gasteiger partial charge in [-0.25, -0.2) is 4.98 Å². The quantitative estimate of drug-likeness (QED) is 0.850. The standard InChI is InChI=1S/C11H18N2OS/c1-8-13-10(7-15-8)5-9-6-14-4-3-11(9)12-2/h7,9,11-12H,3-6H2,1-2H3. The Balaban J connectivity index is 1.97. The molecule has 0 aromatic carbocycles. The van der Waals surface area contributed by atoms with Crippen LogP contribution in [-0.2, 0) is 11.2 Å². The van der Waals surface area contributed by atoms with E-state index in [9.17, 15) is 0 Å². The molecule has 1 aliphatic rings. The number of hydrogen-bond acceptors (Lipinski definition) is 4. The van der Waals surface area contributed by atoms with Gasteiger partial charge in [-0.3, -0.25) is 0 Å². The van der Waals surface area contributed by atoms with E-state index >= 15 is 0 Å². The van der Waals surface area contributed by atoms with Crippen molar-refractivity contribution in [2.75, 3.05) is 20.3 Å². The molecule has 15 heavy (non-hydrogen) atoms. The molecule has 1 saturated heterocycles. The van der Waals surface area contributed by atoms with Crippen LogP contribution in [-0.4, -0.2) is 31.3 Å². The summed E-state index contributed by atoms with van der Waals surface area (Å²) in [7, 11) is 2.04. The molecule has 2 rings (SSSR count). The first-order valence-corrected chi connectivity index (χ1v) is 6.33. The van der Waals surface area contributed by atoms with Crippen molar-refractivity contribution in [2.45, 2.75) is 25.8 Å². The van der Waals surface area contributed by atoms with E-state index in [0.717, 1.165) is 31.1 Å². The van der Waals surface area contributed by atoms with Crippen molar-refractivity contribution >= 4 is 11.3 Å². The Morgan fingerprint density at radius 1 is 1.67 bits per heavy atom. The van der Waals surface area contributed by atoms with E-state index in [2.05, 4.69) is 22.6 Å². The van der Waals surface area contributed by atoms with Crippen molar-refractivity contribution in [3.63, 3.8) is 0 Å². The number of ether oxygens (including phenoxy) is 1. The Labute approximate surface area is 94.9 Å². The summed E-state index contributed by atoms with van der Waals surface area (Å²) < 4.78 is 5.53. The molecule has 1 aromatic heterocycles. The maximum atomic E-state index is 5.53. The molecule has 0 radical (unpaired) electrons. The minimum Gasteiger partial charge on any atom is -0.381 e. The van der Waals surface area contributed by atoms with E-state index in [1.165, 1.54) is 5.69 Å². The summed E-state index contributed by atoms with van der Waals surface area (Å²) in [6, 6.07) is 0.584. The SMILES string of the molecule is CNC1CCOCC1Cc1csc(C)n1. The van der Waals surface area contributed by atoms with Gasteiger partial charge in [0.2, 0.25) is 0 Å². The van der Waals surface area contributed by atoms with Crippen LogP contribution in [0.2, 0.25) is 0 Å². The topological polar surface area (TPSA) is 34.1 Å². The highest BCUT2D eigenvalue weighted by molar-refractivity contribution is 7.09. The van der Waals surface area contributed by atoms with Gasteiger partial charge in [-0.1, -0.05) is 0 Å². The first kappa shape index (κ1) is 11.0. The molecule has 84 valence electrons. The lowest BCUT2D eigenvalue weighted by molar-refractivity contribution is 0.0339. The van der Waals surface area contributed by atoms with Gasteiger partial charge in [-0.2, -0.15) is 0 Å². The summed E-state index contributed by atoms with van der Waals surface area (Å²) in [5, 5.41) is 6.70. The van der Waals surface area contributed by atoms with Crippen molar-refractivity contribution in [3.05, 3.63) is 16.1 Å². The summed E-state index contributed by atoms with van der Waals surface area (Å²) in [5.74, 6) is 0.574. The van der Waals surface area contributed by atoms with E-state index < -0.39 is 0 Å². The number of aryl methyl sites for hydroxylation is 1. The normalized spacial score (nSPS) is 26.8. The Hall–Kier alpha value is -0.450. The summed E-state index contributed by atoms with van der Waals surface area (Å²) in [5.41, 5.74) is 1.22. The molecule has 2 heterocycles. The second-order valence-corrected chi connectivity index (χ2v) is 5.14. The maximum absolute atomic E-state index is 5.53. The third-order valence-electron chi connectivity index (χ3n) is 2.98. The number of hydrogen-bond donors (Lipinski definition) is 1. The monoisotopic (exact) mass is 226 g/mol. The van der Waals surface area contributed by atoms with E-state index in [-0.39, 0.29) is 0 Å². The molecule has 2 unspecified atom stereocenters. The fourth-order valence-corrected chi connectivity index (χ4v) is 2.77. The van der Waals surface area contributed by atoms with Gasteiger partial charge in [0.05, 0.1) is 17.3 Å².